The molecular weight excluding hydrogens is 535 g/mol. The largest absolute Gasteiger partial charge is 0.465 e. The van der Waals surface area contributed by atoms with Gasteiger partial charge >= 0.3 is 12.1 Å². The van der Waals surface area contributed by atoms with Gasteiger partial charge in [0.2, 0.25) is 5.91 Å². The zero-order chi connectivity index (χ0) is 29.4. The third kappa shape index (κ3) is 3.91. The summed E-state index contributed by atoms with van der Waals surface area (Å²) in [5.41, 5.74) is 1.86. The number of hydrogen-bond acceptors (Lipinski definition) is 7. The number of carbonyl (C=O) groups excluding carboxylic acids is 2. The molecule has 3 aromatic rings. The first-order valence-electron chi connectivity index (χ1n) is 13.5. The summed E-state index contributed by atoms with van der Waals surface area (Å²) in [5, 5.41) is 26.1. The molecule has 0 spiro atoms. The monoisotopic (exact) mass is 564 g/mol. The Balaban J connectivity index is 1.54. The number of aryl methyl sites for hydroxylation is 1. The van der Waals surface area contributed by atoms with Crippen LogP contribution < -0.4 is 16.2 Å². The molecule has 12 heteroatoms. The Bertz CT molecular complexity index is 1750. The molecule has 3 atom stereocenters. The highest BCUT2D eigenvalue weighted by molar-refractivity contribution is 5.94. The molecule has 0 fully saturated rings. The summed E-state index contributed by atoms with van der Waals surface area (Å²) >= 11 is 0. The van der Waals surface area contributed by atoms with Crippen LogP contribution in [0.3, 0.4) is 0 Å². The van der Waals surface area contributed by atoms with Crippen LogP contribution in [-0.2, 0) is 39.5 Å². The smallest absolute Gasteiger partial charge is 0.404 e. The summed E-state index contributed by atoms with van der Waals surface area (Å²) in [6.45, 7) is 4.75. The number of rotatable bonds is 5. The van der Waals surface area contributed by atoms with Crippen LogP contribution in [0.5, 0.6) is 0 Å². The van der Waals surface area contributed by atoms with Gasteiger partial charge < -0.3 is 30.2 Å². The minimum absolute atomic E-state index is 0.00184. The van der Waals surface area contributed by atoms with Crippen molar-refractivity contribution in [1.82, 2.24) is 20.2 Å². The third-order valence-electron chi connectivity index (χ3n) is 8.70. The molecule has 2 aliphatic heterocycles. The predicted octanol–water partition coefficient (Wildman–Crippen LogP) is 2.53. The van der Waals surface area contributed by atoms with Gasteiger partial charge in [-0.3, -0.25) is 9.59 Å². The van der Waals surface area contributed by atoms with Gasteiger partial charge in [-0.05, 0) is 48.9 Å². The molecular formula is C29H29FN4O7. The van der Waals surface area contributed by atoms with Crippen LogP contribution in [0.15, 0.2) is 16.9 Å². The second-order valence-electron chi connectivity index (χ2n) is 11.0. The van der Waals surface area contributed by atoms with E-state index in [1.54, 1.807) is 26.8 Å². The Hall–Kier alpha value is -4.32. The number of carboxylic acid groups (broad SMARTS) is 1. The number of hydrogen-bond donors (Lipinski definition) is 4. The van der Waals surface area contributed by atoms with Crippen molar-refractivity contribution in [3.05, 3.63) is 61.7 Å². The highest BCUT2D eigenvalue weighted by Gasteiger charge is 2.46. The van der Waals surface area contributed by atoms with E-state index in [1.807, 2.05) is 0 Å². The molecule has 1 aliphatic carbocycles. The normalized spacial score (nSPS) is 21.0. The molecule has 41 heavy (non-hydrogen) atoms. The van der Waals surface area contributed by atoms with Crippen molar-refractivity contribution in [2.45, 2.75) is 64.8 Å². The first-order chi connectivity index (χ1) is 19.5. The zero-order valence-corrected chi connectivity index (χ0v) is 22.8. The molecule has 4 heterocycles. The SMILES string of the molecule is CC[C@@]1(O)C(=O)OCc2c1cc1n(c2=O)Cc2c-1nc1cc(F)c(C)c3c1c2[C@@H](NC(=O)[C@@H](C)CNC(=O)O)CC3. The van der Waals surface area contributed by atoms with Gasteiger partial charge in [-0.15, -0.1) is 0 Å². The number of benzene rings is 1. The van der Waals surface area contributed by atoms with E-state index in [1.165, 1.54) is 10.6 Å². The molecule has 0 unspecified atom stereocenters. The molecule has 0 radical (unpaired) electrons. The highest BCUT2D eigenvalue weighted by Crippen LogP contribution is 2.46. The summed E-state index contributed by atoms with van der Waals surface area (Å²) in [4.78, 5) is 55.0. The third-order valence-corrected chi connectivity index (χ3v) is 8.70. The summed E-state index contributed by atoms with van der Waals surface area (Å²) in [6.07, 6.45) is -0.269. The number of aromatic nitrogens is 2. The van der Waals surface area contributed by atoms with Crippen molar-refractivity contribution < 1.29 is 33.7 Å². The van der Waals surface area contributed by atoms with Crippen LogP contribution in [0.25, 0.3) is 22.3 Å². The second-order valence-corrected chi connectivity index (χ2v) is 11.0. The Labute approximate surface area is 233 Å². The number of carbonyl (C=O) groups is 3. The average Bonchev–Trinajstić information content (AvgIpc) is 3.31. The van der Waals surface area contributed by atoms with Gasteiger partial charge in [-0.2, -0.15) is 0 Å². The average molecular weight is 565 g/mol. The molecule has 11 nitrogen and oxygen atoms in total. The summed E-state index contributed by atoms with van der Waals surface area (Å²) in [5.74, 6) is -2.24. The van der Waals surface area contributed by atoms with Crippen LogP contribution in [0.4, 0.5) is 9.18 Å². The molecule has 214 valence electrons. The van der Waals surface area contributed by atoms with Crippen molar-refractivity contribution in [3.63, 3.8) is 0 Å². The molecule has 3 aliphatic rings. The maximum absolute atomic E-state index is 15.0. The molecule has 2 aromatic heterocycles. The Morgan fingerprint density at radius 3 is 2.73 bits per heavy atom. The number of amides is 2. The van der Waals surface area contributed by atoms with E-state index in [0.717, 1.165) is 16.5 Å². The van der Waals surface area contributed by atoms with Crippen molar-refractivity contribution in [1.29, 1.82) is 0 Å². The molecule has 2 amide bonds. The number of cyclic esters (lactones) is 1. The van der Waals surface area contributed by atoms with Crippen LogP contribution in [0.2, 0.25) is 0 Å². The fourth-order valence-electron chi connectivity index (χ4n) is 6.35. The van der Waals surface area contributed by atoms with Crippen LogP contribution in [0, 0.1) is 18.7 Å². The van der Waals surface area contributed by atoms with E-state index in [0.29, 0.717) is 40.9 Å². The minimum atomic E-state index is -1.98. The Morgan fingerprint density at radius 2 is 2.02 bits per heavy atom. The van der Waals surface area contributed by atoms with E-state index in [9.17, 15) is 24.3 Å². The molecule has 4 N–H and O–H groups in total. The number of nitrogens with one attached hydrogen (secondary N) is 2. The lowest BCUT2D eigenvalue weighted by molar-refractivity contribution is -0.172. The van der Waals surface area contributed by atoms with Crippen LogP contribution in [-0.4, -0.2) is 44.3 Å². The number of esters is 1. The lowest BCUT2D eigenvalue weighted by atomic mass is 9.81. The summed E-state index contributed by atoms with van der Waals surface area (Å²) in [7, 11) is 0. The zero-order valence-electron chi connectivity index (χ0n) is 22.8. The second kappa shape index (κ2) is 9.37. The number of pyridine rings is 2. The van der Waals surface area contributed by atoms with Gasteiger partial charge in [0.25, 0.3) is 5.56 Å². The first kappa shape index (κ1) is 26.9. The fourth-order valence-corrected chi connectivity index (χ4v) is 6.35. The van der Waals surface area contributed by atoms with Gasteiger partial charge in [-0.25, -0.2) is 19.0 Å². The number of fused-ring (bicyclic) bond motifs is 5. The maximum atomic E-state index is 15.0. The van der Waals surface area contributed by atoms with Crippen molar-refractivity contribution >= 4 is 28.9 Å². The lowest BCUT2D eigenvalue weighted by Gasteiger charge is -2.31. The number of nitrogens with zero attached hydrogens (tertiary/aromatic N) is 2. The van der Waals surface area contributed by atoms with Crippen molar-refractivity contribution in [2.75, 3.05) is 6.54 Å². The molecule has 1 aromatic carbocycles. The van der Waals surface area contributed by atoms with E-state index < -0.39 is 41.0 Å². The van der Waals surface area contributed by atoms with Crippen molar-refractivity contribution in [3.8, 4) is 11.4 Å². The van der Waals surface area contributed by atoms with E-state index in [-0.39, 0.29) is 43.2 Å². The number of aliphatic hydroxyl groups is 1. The summed E-state index contributed by atoms with van der Waals surface area (Å²) < 4.78 is 21.7. The standard InChI is InChI=1S/C29H29FN4O7/c1-4-29(40)17-7-21-24-15(10-34(21)26(36)16(17)11-41-27(29)37)23-19(33-25(35)12(2)9-31-28(38)39)6-5-14-13(3)18(30)8-20(32-24)22(14)23/h7-8,12,19,31,40H,4-6,9-11H2,1-3H3,(H,33,35)(H,38,39)/t12-,19-,29-/m0/s1. The van der Waals surface area contributed by atoms with Gasteiger partial charge in [0, 0.05) is 29.1 Å². The number of ether oxygens (including phenoxy) is 1. The molecule has 6 rings (SSSR count). The first-order valence-corrected chi connectivity index (χ1v) is 13.5. The lowest BCUT2D eigenvalue weighted by Crippen LogP contribution is -2.44. The highest BCUT2D eigenvalue weighted by atomic mass is 19.1. The molecule has 0 saturated carbocycles. The van der Waals surface area contributed by atoms with Gasteiger partial charge in [0.15, 0.2) is 5.60 Å². The molecule has 0 bridgehead atoms. The maximum Gasteiger partial charge on any atom is 0.404 e. The van der Waals surface area contributed by atoms with Gasteiger partial charge in [0.1, 0.15) is 12.4 Å². The summed E-state index contributed by atoms with van der Waals surface area (Å²) in [6, 6.07) is 2.45. The van der Waals surface area contributed by atoms with Gasteiger partial charge in [0.05, 0.1) is 41.0 Å². The van der Waals surface area contributed by atoms with E-state index in [2.05, 4.69) is 10.6 Å². The minimum Gasteiger partial charge on any atom is -0.465 e. The van der Waals surface area contributed by atoms with Crippen molar-refractivity contribution in [2.24, 2.45) is 5.92 Å². The topological polar surface area (TPSA) is 160 Å². The predicted molar refractivity (Wildman–Crippen MR) is 144 cm³/mol. The van der Waals surface area contributed by atoms with Gasteiger partial charge in [-0.1, -0.05) is 13.8 Å². The Kier molecular flexibility index (Phi) is 6.14. The fraction of sp³-hybridized carbons (Fsp3) is 0.414. The quantitative estimate of drug-likeness (QED) is 0.269. The number of halogens is 1. The molecule has 0 saturated heterocycles. The van der Waals surface area contributed by atoms with E-state index >= 15 is 4.39 Å². The Morgan fingerprint density at radius 1 is 1.27 bits per heavy atom. The van der Waals surface area contributed by atoms with E-state index in [4.69, 9.17) is 14.8 Å². The van der Waals surface area contributed by atoms with Crippen LogP contribution in [0.1, 0.15) is 66.1 Å². The van der Waals surface area contributed by atoms with Crippen LogP contribution >= 0.6 is 0 Å².